The minimum atomic E-state index is -0.0825. The fraction of sp³-hybridized carbons (Fsp3) is 0.368. The highest BCUT2D eigenvalue weighted by molar-refractivity contribution is 7.09. The van der Waals surface area contributed by atoms with Crippen LogP contribution in [0.5, 0.6) is 5.75 Å². The molecule has 2 aromatic rings. The van der Waals surface area contributed by atoms with E-state index >= 15 is 0 Å². The van der Waals surface area contributed by atoms with Crippen LogP contribution in [0.3, 0.4) is 0 Å². The Hall–Kier alpha value is -2.14. The molecule has 1 aromatic carbocycles. The van der Waals surface area contributed by atoms with Crippen LogP contribution in [0, 0.1) is 6.92 Å². The molecule has 1 N–H and O–H groups in total. The smallest absolute Gasteiger partial charge is 0.244 e. The number of carbonyl (C=O) groups excluding carboxylic acids is 1. The summed E-state index contributed by atoms with van der Waals surface area (Å²) in [5, 5.41) is 5.98. The largest absolute Gasteiger partial charge is 0.487 e. The van der Waals surface area contributed by atoms with Crippen LogP contribution in [0.2, 0.25) is 0 Å². The van der Waals surface area contributed by atoms with Crippen molar-refractivity contribution in [3.8, 4) is 5.75 Å². The number of para-hydroxylation sites is 1. The minimum Gasteiger partial charge on any atom is -0.487 e. The average molecular weight is 344 g/mol. The molecule has 0 saturated carbocycles. The maximum absolute atomic E-state index is 11.9. The van der Waals surface area contributed by atoms with E-state index in [1.54, 1.807) is 23.5 Å². The van der Waals surface area contributed by atoms with Gasteiger partial charge in [-0.2, -0.15) is 0 Å². The maximum atomic E-state index is 11.9. The molecule has 0 saturated heterocycles. The van der Waals surface area contributed by atoms with Gasteiger partial charge in [0.2, 0.25) is 5.91 Å². The van der Waals surface area contributed by atoms with Gasteiger partial charge in [0.05, 0.1) is 10.7 Å². The summed E-state index contributed by atoms with van der Waals surface area (Å²) in [6.45, 7) is 6.52. The Morgan fingerprint density at radius 1 is 1.42 bits per heavy atom. The van der Waals surface area contributed by atoms with Crippen LogP contribution in [-0.2, 0) is 11.4 Å². The summed E-state index contributed by atoms with van der Waals surface area (Å²) in [6, 6.07) is 7.86. The third-order valence-corrected chi connectivity index (χ3v) is 4.31. The Morgan fingerprint density at radius 3 is 2.92 bits per heavy atom. The Morgan fingerprint density at radius 2 is 2.21 bits per heavy atom. The zero-order valence-electron chi connectivity index (χ0n) is 14.4. The van der Waals surface area contributed by atoms with Crippen LogP contribution < -0.4 is 10.1 Å². The monoisotopic (exact) mass is 344 g/mol. The van der Waals surface area contributed by atoms with Crippen molar-refractivity contribution < 1.29 is 9.53 Å². The number of thiazole rings is 1. The summed E-state index contributed by atoms with van der Waals surface area (Å²) < 4.78 is 5.85. The molecule has 4 nitrogen and oxygen atoms in total. The molecule has 0 aliphatic heterocycles. The molecule has 1 unspecified atom stereocenters. The van der Waals surface area contributed by atoms with Gasteiger partial charge in [-0.15, -0.1) is 11.3 Å². The van der Waals surface area contributed by atoms with Crippen LogP contribution in [0.1, 0.15) is 43.0 Å². The Balaban J connectivity index is 1.97. The van der Waals surface area contributed by atoms with Gasteiger partial charge < -0.3 is 10.1 Å². The van der Waals surface area contributed by atoms with Gasteiger partial charge in [-0.05, 0) is 32.4 Å². The number of nitrogens with one attached hydrogen (secondary N) is 1. The molecule has 1 aromatic heterocycles. The highest BCUT2D eigenvalue weighted by Crippen LogP contribution is 2.21. The lowest BCUT2D eigenvalue weighted by atomic mass is 10.1. The van der Waals surface area contributed by atoms with E-state index in [0.717, 1.165) is 34.9 Å². The molecule has 128 valence electrons. The van der Waals surface area contributed by atoms with Gasteiger partial charge in [-0.25, -0.2) is 4.98 Å². The molecule has 0 radical (unpaired) electrons. The maximum Gasteiger partial charge on any atom is 0.244 e. The zero-order valence-corrected chi connectivity index (χ0v) is 15.2. The van der Waals surface area contributed by atoms with Crippen molar-refractivity contribution in [2.75, 3.05) is 0 Å². The van der Waals surface area contributed by atoms with E-state index in [0.29, 0.717) is 6.61 Å². The van der Waals surface area contributed by atoms with Crippen LogP contribution in [0.15, 0.2) is 35.7 Å². The Bertz CT molecular complexity index is 694. The first-order chi connectivity index (χ1) is 11.6. The third-order valence-electron chi connectivity index (χ3n) is 3.49. The lowest BCUT2D eigenvalue weighted by molar-refractivity contribution is -0.117. The van der Waals surface area contributed by atoms with E-state index < -0.39 is 0 Å². The van der Waals surface area contributed by atoms with Gasteiger partial charge in [-0.3, -0.25) is 4.79 Å². The Labute approximate surface area is 147 Å². The lowest BCUT2D eigenvalue weighted by Crippen LogP contribution is -2.30. The standard InChI is InChI=1S/C19H24N2O2S/c1-4-7-14(2)20-19(22)11-10-16-8-5-6-9-18(16)23-12-17-13-24-15(3)21-17/h5-6,8-11,13-14H,4,7,12H2,1-3H3,(H,20,22)/b11-10+. The van der Waals surface area contributed by atoms with Crippen molar-refractivity contribution in [3.05, 3.63) is 52.0 Å². The zero-order chi connectivity index (χ0) is 17.4. The van der Waals surface area contributed by atoms with Crippen molar-refractivity contribution in [1.82, 2.24) is 10.3 Å². The number of hydrogen-bond acceptors (Lipinski definition) is 4. The van der Waals surface area contributed by atoms with Gasteiger partial charge in [0.1, 0.15) is 12.4 Å². The highest BCUT2D eigenvalue weighted by atomic mass is 32.1. The van der Waals surface area contributed by atoms with Crippen LogP contribution >= 0.6 is 11.3 Å². The van der Waals surface area contributed by atoms with Crippen LogP contribution in [0.4, 0.5) is 0 Å². The number of carbonyl (C=O) groups is 1. The quantitative estimate of drug-likeness (QED) is 0.724. The average Bonchev–Trinajstić information content (AvgIpc) is 2.97. The predicted octanol–water partition coefficient (Wildman–Crippen LogP) is 4.35. The number of ether oxygens (including phenoxy) is 1. The second-order valence-electron chi connectivity index (χ2n) is 5.72. The number of rotatable bonds is 8. The Kier molecular flexibility index (Phi) is 7.00. The van der Waals surface area contributed by atoms with E-state index in [2.05, 4.69) is 17.2 Å². The number of aromatic nitrogens is 1. The number of nitrogens with zero attached hydrogens (tertiary/aromatic N) is 1. The number of hydrogen-bond donors (Lipinski definition) is 1. The molecule has 0 aliphatic rings. The molecular formula is C19H24N2O2S. The summed E-state index contributed by atoms with van der Waals surface area (Å²) in [5.74, 6) is 0.662. The first-order valence-electron chi connectivity index (χ1n) is 8.20. The normalized spacial score (nSPS) is 12.3. The molecule has 5 heteroatoms. The molecular weight excluding hydrogens is 320 g/mol. The van der Waals surface area contributed by atoms with Crippen molar-refractivity contribution >= 4 is 23.3 Å². The van der Waals surface area contributed by atoms with Gasteiger partial charge >= 0.3 is 0 Å². The van der Waals surface area contributed by atoms with Gasteiger partial charge in [-0.1, -0.05) is 31.5 Å². The first-order valence-corrected chi connectivity index (χ1v) is 9.08. The van der Waals surface area contributed by atoms with Crippen molar-refractivity contribution in [2.45, 2.75) is 46.3 Å². The minimum absolute atomic E-state index is 0.0825. The topological polar surface area (TPSA) is 51.2 Å². The van der Waals surface area contributed by atoms with Crippen LogP contribution in [-0.4, -0.2) is 16.9 Å². The predicted molar refractivity (Wildman–Crippen MR) is 99.2 cm³/mol. The van der Waals surface area contributed by atoms with Crippen molar-refractivity contribution in [3.63, 3.8) is 0 Å². The van der Waals surface area contributed by atoms with Gasteiger partial charge in [0, 0.05) is 23.1 Å². The number of aryl methyl sites for hydroxylation is 1. The van der Waals surface area contributed by atoms with Crippen LogP contribution in [0.25, 0.3) is 6.08 Å². The van der Waals surface area contributed by atoms with E-state index in [1.165, 1.54) is 0 Å². The molecule has 0 spiro atoms. The molecule has 0 aliphatic carbocycles. The molecule has 1 heterocycles. The van der Waals surface area contributed by atoms with Crippen molar-refractivity contribution in [2.24, 2.45) is 0 Å². The highest BCUT2D eigenvalue weighted by Gasteiger charge is 2.05. The summed E-state index contributed by atoms with van der Waals surface area (Å²) in [7, 11) is 0. The van der Waals surface area contributed by atoms with Gasteiger partial charge in [0.25, 0.3) is 0 Å². The van der Waals surface area contributed by atoms with Crippen molar-refractivity contribution in [1.29, 1.82) is 0 Å². The summed E-state index contributed by atoms with van der Waals surface area (Å²) in [5.41, 5.74) is 1.80. The second kappa shape index (κ2) is 9.23. The molecule has 1 amide bonds. The SMILES string of the molecule is CCCC(C)NC(=O)/C=C/c1ccccc1OCc1csc(C)n1. The molecule has 0 fully saturated rings. The second-order valence-corrected chi connectivity index (χ2v) is 6.78. The van der Waals surface area contributed by atoms with E-state index in [4.69, 9.17) is 4.74 Å². The molecule has 2 rings (SSSR count). The third kappa shape index (κ3) is 5.81. The summed E-state index contributed by atoms with van der Waals surface area (Å²) in [4.78, 5) is 16.3. The number of benzene rings is 1. The molecule has 0 bridgehead atoms. The molecule has 1 atom stereocenters. The fourth-order valence-electron chi connectivity index (χ4n) is 2.34. The number of amides is 1. The first kappa shape index (κ1) is 18.2. The summed E-state index contributed by atoms with van der Waals surface area (Å²) >= 11 is 1.61. The molecule has 24 heavy (non-hydrogen) atoms. The van der Waals surface area contributed by atoms with E-state index in [-0.39, 0.29) is 11.9 Å². The summed E-state index contributed by atoms with van der Waals surface area (Å²) in [6.07, 6.45) is 5.38. The lowest BCUT2D eigenvalue weighted by Gasteiger charge is -2.11. The fourth-order valence-corrected chi connectivity index (χ4v) is 2.93. The van der Waals surface area contributed by atoms with Gasteiger partial charge in [0.15, 0.2) is 0 Å². The van der Waals surface area contributed by atoms with E-state index in [9.17, 15) is 4.79 Å². The van der Waals surface area contributed by atoms with E-state index in [1.807, 2.05) is 43.5 Å².